The molecule has 1 aromatic heterocycles. The molecule has 0 bridgehead atoms. The fraction of sp³-hybridized carbons (Fsp3) is 0.389. The summed E-state index contributed by atoms with van der Waals surface area (Å²) in [7, 11) is 0. The fourth-order valence-electron chi connectivity index (χ4n) is 2.40. The highest BCUT2D eigenvalue weighted by Gasteiger charge is 2.09. The number of nitrogen functional groups attached to an aromatic ring is 1. The van der Waals surface area contributed by atoms with E-state index in [0.717, 1.165) is 24.8 Å². The van der Waals surface area contributed by atoms with Crippen molar-refractivity contribution in [1.29, 1.82) is 0 Å². The van der Waals surface area contributed by atoms with Crippen LogP contribution in [0.4, 0.5) is 5.82 Å². The molecule has 2 atom stereocenters. The zero-order chi connectivity index (χ0) is 15.8. The molecular formula is C18H25N3O. The van der Waals surface area contributed by atoms with Gasteiger partial charge in [-0.3, -0.25) is 0 Å². The first-order valence-electron chi connectivity index (χ1n) is 7.82. The molecule has 0 spiro atoms. The standard InChI is InChI=1S/C18H25N3O/c1-14(6-5-9-15-7-3-2-4-8-15)20-13-17(22)16-10-11-18(19)21-12-16/h2-4,7-8,10-12,14,17,20,22H,5-6,9,13H2,1H3,(H2,19,21). The third-order valence-electron chi connectivity index (χ3n) is 3.80. The van der Waals surface area contributed by atoms with Gasteiger partial charge in [-0.2, -0.15) is 0 Å². The summed E-state index contributed by atoms with van der Waals surface area (Å²) in [4.78, 5) is 4.00. The van der Waals surface area contributed by atoms with Crippen LogP contribution in [-0.4, -0.2) is 22.7 Å². The molecule has 2 unspecified atom stereocenters. The third-order valence-corrected chi connectivity index (χ3v) is 3.80. The van der Waals surface area contributed by atoms with Gasteiger partial charge in [-0.25, -0.2) is 4.98 Å². The van der Waals surface area contributed by atoms with Crippen molar-refractivity contribution in [3.05, 3.63) is 59.8 Å². The highest BCUT2D eigenvalue weighted by molar-refractivity contribution is 5.30. The second kappa shape index (κ2) is 8.51. The van der Waals surface area contributed by atoms with Crippen LogP contribution in [0.3, 0.4) is 0 Å². The predicted octanol–water partition coefficient (Wildman–Crippen LogP) is 2.70. The Morgan fingerprint density at radius 3 is 2.64 bits per heavy atom. The van der Waals surface area contributed by atoms with E-state index in [0.29, 0.717) is 18.4 Å². The number of nitrogens with two attached hydrogens (primary N) is 1. The highest BCUT2D eigenvalue weighted by atomic mass is 16.3. The first kappa shape index (κ1) is 16.5. The summed E-state index contributed by atoms with van der Waals surface area (Å²) in [6.45, 7) is 2.68. The first-order chi connectivity index (χ1) is 10.6. The first-order valence-corrected chi connectivity index (χ1v) is 7.82. The van der Waals surface area contributed by atoms with Crippen LogP contribution in [-0.2, 0) is 6.42 Å². The Labute approximate surface area is 132 Å². The Hall–Kier alpha value is -1.91. The van der Waals surface area contributed by atoms with Gasteiger partial charge < -0.3 is 16.2 Å². The molecule has 0 fully saturated rings. The molecule has 1 heterocycles. The second-order valence-electron chi connectivity index (χ2n) is 5.72. The van der Waals surface area contributed by atoms with Gasteiger partial charge in [0.1, 0.15) is 5.82 Å². The van der Waals surface area contributed by atoms with Gasteiger partial charge in [0.25, 0.3) is 0 Å². The quantitative estimate of drug-likeness (QED) is 0.701. The lowest BCUT2D eigenvalue weighted by molar-refractivity contribution is 0.169. The second-order valence-corrected chi connectivity index (χ2v) is 5.72. The molecule has 0 amide bonds. The monoisotopic (exact) mass is 299 g/mol. The van der Waals surface area contributed by atoms with Gasteiger partial charge in [-0.1, -0.05) is 36.4 Å². The normalized spacial score (nSPS) is 13.7. The highest BCUT2D eigenvalue weighted by Crippen LogP contribution is 2.12. The van der Waals surface area contributed by atoms with Crippen LogP contribution < -0.4 is 11.1 Å². The minimum Gasteiger partial charge on any atom is -0.387 e. The number of aliphatic hydroxyl groups excluding tert-OH is 1. The van der Waals surface area contributed by atoms with Crippen LogP contribution in [0.1, 0.15) is 37.0 Å². The molecule has 118 valence electrons. The summed E-state index contributed by atoms with van der Waals surface area (Å²) in [6, 6.07) is 14.4. The van der Waals surface area contributed by atoms with Crippen molar-refractivity contribution < 1.29 is 5.11 Å². The molecule has 0 saturated carbocycles. The van der Waals surface area contributed by atoms with Gasteiger partial charge in [0.15, 0.2) is 0 Å². The fourth-order valence-corrected chi connectivity index (χ4v) is 2.40. The number of aryl methyl sites for hydroxylation is 1. The lowest BCUT2D eigenvalue weighted by Crippen LogP contribution is -2.30. The zero-order valence-electron chi connectivity index (χ0n) is 13.1. The van der Waals surface area contributed by atoms with Crippen molar-refractivity contribution in [2.24, 2.45) is 0 Å². The maximum absolute atomic E-state index is 10.1. The van der Waals surface area contributed by atoms with Gasteiger partial charge in [-0.05, 0) is 37.8 Å². The van der Waals surface area contributed by atoms with E-state index < -0.39 is 6.10 Å². The number of pyridine rings is 1. The van der Waals surface area contributed by atoms with Crippen LogP contribution >= 0.6 is 0 Å². The third kappa shape index (κ3) is 5.47. The van der Waals surface area contributed by atoms with Crippen molar-refractivity contribution in [1.82, 2.24) is 10.3 Å². The van der Waals surface area contributed by atoms with Crippen molar-refractivity contribution in [2.45, 2.75) is 38.3 Å². The van der Waals surface area contributed by atoms with E-state index in [-0.39, 0.29) is 0 Å². The van der Waals surface area contributed by atoms with Crippen molar-refractivity contribution in [3.63, 3.8) is 0 Å². The molecule has 0 aliphatic heterocycles. The van der Waals surface area contributed by atoms with E-state index in [2.05, 4.69) is 41.5 Å². The minimum atomic E-state index is -0.551. The van der Waals surface area contributed by atoms with E-state index in [1.165, 1.54) is 5.56 Å². The number of nitrogens with one attached hydrogen (secondary N) is 1. The average Bonchev–Trinajstić information content (AvgIpc) is 2.54. The Morgan fingerprint density at radius 2 is 1.95 bits per heavy atom. The van der Waals surface area contributed by atoms with Gasteiger partial charge in [0.05, 0.1) is 6.10 Å². The number of benzene rings is 1. The van der Waals surface area contributed by atoms with Gasteiger partial charge >= 0.3 is 0 Å². The average molecular weight is 299 g/mol. The Balaban J connectivity index is 1.66. The van der Waals surface area contributed by atoms with E-state index in [9.17, 15) is 5.11 Å². The molecule has 0 saturated heterocycles. The van der Waals surface area contributed by atoms with E-state index >= 15 is 0 Å². The molecule has 4 nitrogen and oxygen atoms in total. The summed E-state index contributed by atoms with van der Waals surface area (Å²) in [6.07, 6.45) is 4.39. The predicted molar refractivity (Wildman–Crippen MR) is 90.5 cm³/mol. The Morgan fingerprint density at radius 1 is 1.18 bits per heavy atom. The Bertz CT molecular complexity index is 542. The summed E-state index contributed by atoms with van der Waals surface area (Å²) < 4.78 is 0. The smallest absolute Gasteiger partial charge is 0.123 e. The van der Waals surface area contributed by atoms with E-state index in [4.69, 9.17) is 5.73 Å². The number of hydrogen-bond acceptors (Lipinski definition) is 4. The number of nitrogens with zero attached hydrogens (tertiary/aromatic N) is 1. The number of anilines is 1. The molecule has 4 heteroatoms. The molecule has 0 aliphatic rings. The largest absolute Gasteiger partial charge is 0.387 e. The molecule has 2 rings (SSSR count). The lowest BCUT2D eigenvalue weighted by Gasteiger charge is -2.17. The molecule has 0 aliphatic carbocycles. The van der Waals surface area contributed by atoms with Gasteiger partial charge in [-0.15, -0.1) is 0 Å². The van der Waals surface area contributed by atoms with Crippen molar-refractivity contribution in [2.75, 3.05) is 12.3 Å². The number of aliphatic hydroxyl groups is 1. The maximum atomic E-state index is 10.1. The van der Waals surface area contributed by atoms with Crippen LogP contribution in [0.25, 0.3) is 0 Å². The summed E-state index contributed by atoms with van der Waals surface area (Å²) in [5, 5.41) is 13.5. The molecule has 0 radical (unpaired) electrons. The van der Waals surface area contributed by atoms with Crippen LogP contribution in [0, 0.1) is 0 Å². The number of hydrogen-bond donors (Lipinski definition) is 3. The number of aromatic nitrogens is 1. The van der Waals surface area contributed by atoms with E-state index in [1.807, 2.05) is 12.1 Å². The van der Waals surface area contributed by atoms with Gasteiger partial charge in [0.2, 0.25) is 0 Å². The molecule has 4 N–H and O–H groups in total. The topological polar surface area (TPSA) is 71.2 Å². The Kier molecular flexibility index (Phi) is 6.37. The summed E-state index contributed by atoms with van der Waals surface area (Å²) in [5.41, 5.74) is 7.71. The van der Waals surface area contributed by atoms with Crippen molar-refractivity contribution >= 4 is 5.82 Å². The maximum Gasteiger partial charge on any atom is 0.123 e. The lowest BCUT2D eigenvalue weighted by atomic mass is 10.1. The SMILES string of the molecule is CC(CCCc1ccccc1)NCC(O)c1ccc(N)nc1. The minimum absolute atomic E-state index is 0.375. The van der Waals surface area contributed by atoms with Crippen LogP contribution in [0.5, 0.6) is 0 Å². The zero-order valence-corrected chi connectivity index (χ0v) is 13.1. The van der Waals surface area contributed by atoms with Crippen LogP contribution in [0.15, 0.2) is 48.7 Å². The molecule has 22 heavy (non-hydrogen) atoms. The van der Waals surface area contributed by atoms with E-state index in [1.54, 1.807) is 12.3 Å². The molecule has 1 aromatic carbocycles. The van der Waals surface area contributed by atoms with Gasteiger partial charge in [0, 0.05) is 24.3 Å². The van der Waals surface area contributed by atoms with Crippen LogP contribution in [0.2, 0.25) is 0 Å². The van der Waals surface area contributed by atoms with Crippen molar-refractivity contribution in [3.8, 4) is 0 Å². The molecule has 2 aromatic rings. The molecular weight excluding hydrogens is 274 g/mol. The number of rotatable bonds is 8. The summed E-state index contributed by atoms with van der Waals surface area (Å²) in [5.74, 6) is 0.471. The summed E-state index contributed by atoms with van der Waals surface area (Å²) >= 11 is 0.